The smallest absolute Gasteiger partial charge is 0.138 e. The van der Waals surface area contributed by atoms with Gasteiger partial charge in [-0.25, -0.2) is 4.98 Å². The van der Waals surface area contributed by atoms with Crippen LogP contribution in [0.25, 0.3) is 11.3 Å². The topological polar surface area (TPSA) is 73.8 Å². The predicted octanol–water partition coefficient (Wildman–Crippen LogP) is 3.10. The summed E-state index contributed by atoms with van der Waals surface area (Å²) in [5.74, 6) is 0.210. The molecule has 0 aliphatic rings. The van der Waals surface area contributed by atoms with Gasteiger partial charge in [-0.3, -0.25) is 4.98 Å². The SMILES string of the molecule is Cc1ccc(O)c(CNc2ccc(-c3cnc[nH]3)cc2)n1. The minimum absolute atomic E-state index is 0.210. The molecule has 0 unspecified atom stereocenters. The summed E-state index contributed by atoms with van der Waals surface area (Å²) in [7, 11) is 0. The summed E-state index contributed by atoms with van der Waals surface area (Å²) in [5, 5.41) is 13.0. The highest BCUT2D eigenvalue weighted by molar-refractivity contribution is 5.61. The van der Waals surface area contributed by atoms with E-state index in [1.165, 1.54) is 0 Å². The maximum Gasteiger partial charge on any atom is 0.138 e. The fraction of sp³-hybridized carbons (Fsp3) is 0.125. The summed E-state index contributed by atoms with van der Waals surface area (Å²) in [4.78, 5) is 11.4. The molecule has 5 heteroatoms. The number of pyridine rings is 1. The Morgan fingerprint density at radius 1 is 1.14 bits per heavy atom. The van der Waals surface area contributed by atoms with E-state index in [0.29, 0.717) is 12.2 Å². The number of aryl methyl sites for hydroxylation is 1. The molecule has 0 fully saturated rings. The van der Waals surface area contributed by atoms with Crippen molar-refractivity contribution in [3.05, 3.63) is 60.3 Å². The van der Waals surface area contributed by atoms with Crippen LogP contribution >= 0.6 is 0 Å². The molecule has 0 saturated carbocycles. The Labute approximate surface area is 122 Å². The van der Waals surface area contributed by atoms with E-state index < -0.39 is 0 Å². The average molecular weight is 280 g/mol. The lowest BCUT2D eigenvalue weighted by Gasteiger charge is -2.08. The second-order valence-corrected chi connectivity index (χ2v) is 4.81. The third-order valence-corrected chi connectivity index (χ3v) is 3.24. The Bertz CT molecular complexity index is 721. The maximum atomic E-state index is 9.77. The van der Waals surface area contributed by atoms with Crippen molar-refractivity contribution in [3.63, 3.8) is 0 Å². The van der Waals surface area contributed by atoms with E-state index >= 15 is 0 Å². The van der Waals surface area contributed by atoms with Crippen LogP contribution in [-0.4, -0.2) is 20.1 Å². The van der Waals surface area contributed by atoms with Crippen molar-refractivity contribution >= 4 is 5.69 Å². The Balaban J connectivity index is 1.70. The molecule has 5 nitrogen and oxygen atoms in total. The first-order valence-electron chi connectivity index (χ1n) is 6.70. The van der Waals surface area contributed by atoms with Crippen LogP contribution < -0.4 is 5.32 Å². The molecule has 3 aromatic rings. The summed E-state index contributed by atoms with van der Waals surface area (Å²) in [6, 6.07) is 11.5. The molecule has 21 heavy (non-hydrogen) atoms. The second kappa shape index (κ2) is 5.66. The number of aromatic amines is 1. The first-order chi connectivity index (χ1) is 10.2. The van der Waals surface area contributed by atoms with Crippen molar-refractivity contribution in [3.8, 4) is 17.0 Å². The first-order valence-corrected chi connectivity index (χ1v) is 6.70. The van der Waals surface area contributed by atoms with Crippen molar-refractivity contribution < 1.29 is 5.11 Å². The predicted molar refractivity (Wildman–Crippen MR) is 82.0 cm³/mol. The molecule has 0 aliphatic carbocycles. The zero-order valence-corrected chi connectivity index (χ0v) is 11.7. The maximum absolute atomic E-state index is 9.77. The Hall–Kier alpha value is -2.82. The standard InChI is InChI=1S/C16H16N4O/c1-11-2-7-16(21)15(20-11)9-18-13-5-3-12(4-6-13)14-8-17-10-19-14/h2-8,10,18,21H,9H2,1H3,(H,17,19). The van der Waals surface area contributed by atoms with Gasteiger partial charge >= 0.3 is 0 Å². The van der Waals surface area contributed by atoms with E-state index in [4.69, 9.17) is 0 Å². The van der Waals surface area contributed by atoms with Gasteiger partial charge in [0, 0.05) is 11.4 Å². The Kier molecular flexibility index (Phi) is 3.55. The summed E-state index contributed by atoms with van der Waals surface area (Å²) >= 11 is 0. The molecule has 2 heterocycles. The molecular formula is C16H16N4O. The van der Waals surface area contributed by atoms with E-state index in [2.05, 4.69) is 20.3 Å². The zero-order chi connectivity index (χ0) is 14.7. The van der Waals surface area contributed by atoms with Gasteiger partial charge < -0.3 is 15.4 Å². The van der Waals surface area contributed by atoms with Crippen LogP contribution in [0.15, 0.2) is 48.9 Å². The van der Waals surface area contributed by atoms with Crippen LogP contribution in [0.3, 0.4) is 0 Å². The summed E-state index contributed by atoms with van der Waals surface area (Å²) in [6.45, 7) is 2.39. The van der Waals surface area contributed by atoms with E-state index in [9.17, 15) is 5.11 Å². The molecule has 2 aromatic heterocycles. The van der Waals surface area contributed by atoms with Gasteiger partial charge in [-0.05, 0) is 36.8 Å². The number of aromatic nitrogens is 3. The largest absolute Gasteiger partial charge is 0.506 e. The van der Waals surface area contributed by atoms with Crippen molar-refractivity contribution in [2.24, 2.45) is 0 Å². The van der Waals surface area contributed by atoms with E-state index in [0.717, 1.165) is 22.6 Å². The monoisotopic (exact) mass is 280 g/mol. The number of H-pyrrole nitrogens is 1. The van der Waals surface area contributed by atoms with Crippen molar-refractivity contribution in [1.82, 2.24) is 15.0 Å². The zero-order valence-electron chi connectivity index (χ0n) is 11.7. The van der Waals surface area contributed by atoms with Gasteiger partial charge in [0.1, 0.15) is 11.4 Å². The lowest BCUT2D eigenvalue weighted by atomic mass is 10.1. The molecule has 0 atom stereocenters. The Morgan fingerprint density at radius 2 is 1.95 bits per heavy atom. The molecule has 0 bridgehead atoms. The van der Waals surface area contributed by atoms with Gasteiger partial charge in [0.05, 0.1) is 24.8 Å². The van der Waals surface area contributed by atoms with E-state index in [1.54, 1.807) is 24.7 Å². The average Bonchev–Trinajstić information content (AvgIpc) is 3.03. The van der Waals surface area contributed by atoms with Gasteiger partial charge in [0.15, 0.2) is 0 Å². The molecule has 106 valence electrons. The molecule has 0 aliphatic heterocycles. The number of anilines is 1. The minimum atomic E-state index is 0.210. The third kappa shape index (κ3) is 3.02. The van der Waals surface area contributed by atoms with Crippen molar-refractivity contribution in [2.45, 2.75) is 13.5 Å². The van der Waals surface area contributed by atoms with Crippen molar-refractivity contribution in [1.29, 1.82) is 0 Å². The fourth-order valence-corrected chi connectivity index (χ4v) is 2.10. The van der Waals surface area contributed by atoms with Gasteiger partial charge in [0.25, 0.3) is 0 Å². The van der Waals surface area contributed by atoms with Crippen LogP contribution in [0.2, 0.25) is 0 Å². The van der Waals surface area contributed by atoms with E-state index in [-0.39, 0.29) is 5.75 Å². The second-order valence-electron chi connectivity index (χ2n) is 4.81. The molecule has 0 radical (unpaired) electrons. The Morgan fingerprint density at radius 3 is 2.67 bits per heavy atom. The third-order valence-electron chi connectivity index (χ3n) is 3.24. The first kappa shape index (κ1) is 13.2. The number of hydrogen-bond donors (Lipinski definition) is 3. The lowest BCUT2D eigenvalue weighted by molar-refractivity contribution is 0.464. The molecule has 3 N–H and O–H groups in total. The van der Waals surface area contributed by atoms with Gasteiger partial charge in [-0.2, -0.15) is 0 Å². The summed E-state index contributed by atoms with van der Waals surface area (Å²) in [5.41, 5.74) is 4.57. The highest BCUT2D eigenvalue weighted by Gasteiger charge is 2.04. The van der Waals surface area contributed by atoms with Gasteiger partial charge in [-0.15, -0.1) is 0 Å². The number of hydrogen-bond acceptors (Lipinski definition) is 4. The van der Waals surface area contributed by atoms with Crippen LogP contribution in [0.1, 0.15) is 11.4 Å². The quantitative estimate of drug-likeness (QED) is 0.686. The molecule has 1 aromatic carbocycles. The summed E-state index contributed by atoms with van der Waals surface area (Å²) in [6.07, 6.45) is 3.45. The normalized spacial score (nSPS) is 10.5. The van der Waals surface area contributed by atoms with Gasteiger partial charge in [0.2, 0.25) is 0 Å². The number of rotatable bonds is 4. The molecule has 3 rings (SSSR count). The summed E-state index contributed by atoms with van der Waals surface area (Å²) < 4.78 is 0. The van der Waals surface area contributed by atoms with E-state index in [1.807, 2.05) is 31.2 Å². The van der Waals surface area contributed by atoms with Crippen molar-refractivity contribution in [2.75, 3.05) is 5.32 Å². The number of aromatic hydroxyl groups is 1. The fourth-order valence-electron chi connectivity index (χ4n) is 2.10. The highest BCUT2D eigenvalue weighted by Crippen LogP contribution is 2.20. The molecule has 0 amide bonds. The lowest BCUT2D eigenvalue weighted by Crippen LogP contribution is -2.02. The number of nitrogens with one attached hydrogen (secondary N) is 2. The van der Waals surface area contributed by atoms with Crippen LogP contribution in [0.4, 0.5) is 5.69 Å². The molecule has 0 saturated heterocycles. The van der Waals surface area contributed by atoms with Gasteiger partial charge in [-0.1, -0.05) is 12.1 Å². The van der Waals surface area contributed by atoms with Crippen LogP contribution in [0, 0.1) is 6.92 Å². The highest BCUT2D eigenvalue weighted by atomic mass is 16.3. The number of benzene rings is 1. The van der Waals surface area contributed by atoms with Crippen LogP contribution in [-0.2, 0) is 6.54 Å². The molecular weight excluding hydrogens is 264 g/mol. The van der Waals surface area contributed by atoms with Crippen LogP contribution in [0.5, 0.6) is 5.75 Å². The number of imidazole rings is 1. The molecule has 0 spiro atoms. The minimum Gasteiger partial charge on any atom is -0.506 e. The number of nitrogens with zero attached hydrogens (tertiary/aromatic N) is 2.